The van der Waals surface area contributed by atoms with Crippen molar-refractivity contribution in [3.8, 4) is 0 Å². The average Bonchev–Trinajstić information content (AvgIpc) is 2.46. The van der Waals surface area contributed by atoms with Crippen LogP contribution in [-0.4, -0.2) is 19.7 Å². The molecule has 0 spiro atoms. The third-order valence-corrected chi connectivity index (χ3v) is 3.70. The summed E-state index contributed by atoms with van der Waals surface area (Å²) >= 11 is 0. The second-order valence-corrected chi connectivity index (χ2v) is 5.86. The van der Waals surface area contributed by atoms with E-state index in [4.69, 9.17) is 4.74 Å². The molecule has 2 heteroatoms. The molecule has 0 amide bonds. The molecule has 1 N–H and O–H groups in total. The molecule has 0 radical (unpaired) electrons. The summed E-state index contributed by atoms with van der Waals surface area (Å²) in [7, 11) is 0. The van der Waals surface area contributed by atoms with Crippen LogP contribution in [-0.2, 0) is 11.3 Å². The number of benzene rings is 1. The minimum absolute atomic E-state index is 0.564. The van der Waals surface area contributed by atoms with Gasteiger partial charge in [-0.3, -0.25) is 0 Å². The highest BCUT2D eigenvalue weighted by Crippen LogP contribution is 2.16. The van der Waals surface area contributed by atoms with Crippen molar-refractivity contribution < 1.29 is 4.74 Å². The molecule has 0 heterocycles. The highest BCUT2D eigenvalue weighted by atomic mass is 16.5. The summed E-state index contributed by atoms with van der Waals surface area (Å²) in [4.78, 5) is 0. The Morgan fingerprint density at radius 2 is 1.80 bits per heavy atom. The highest BCUT2D eigenvalue weighted by molar-refractivity contribution is 5.24. The largest absolute Gasteiger partial charge is 0.376 e. The summed E-state index contributed by atoms with van der Waals surface area (Å²) in [5.74, 6) is 1.23. The van der Waals surface area contributed by atoms with E-state index < -0.39 is 0 Å². The molecule has 0 aromatic heterocycles. The third-order valence-electron chi connectivity index (χ3n) is 3.70. The van der Waals surface area contributed by atoms with Crippen molar-refractivity contribution in [2.75, 3.05) is 19.7 Å². The van der Waals surface area contributed by atoms with Crippen LogP contribution in [0.4, 0.5) is 0 Å². The summed E-state index contributed by atoms with van der Waals surface area (Å²) in [6.07, 6.45) is 2.49. The van der Waals surface area contributed by atoms with Gasteiger partial charge in [-0.05, 0) is 35.9 Å². The van der Waals surface area contributed by atoms with Crippen molar-refractivity contribution in [2.45, 2.75) is 53.1 Å². The Morgan fingerprint density at radius 3 is 2.40 bits per heavy atom. The molecule has 0 saturated carbocycles. The van der Waals surface area contributed by atoms with Crippen LogP contribution in [0.3, 0.4) is 0 Å². The lowest BCUT2D eigenvalue weighted by Gasteiger charge is -2.14. The third kappa shape index (κ3) is 6.53. The minimum Gasteiger partial charge on any atom is -0.376 e. The Morgan fingerprint density at radius 1 is 1.10 bits per heavy atom. The van der Waals surface area contributed by atoms with E-state index in [0.717, 1.165) is 26.3 Å². The average molecular weight is 277 g/mol. The van der Waals surface area contributed by atoms with Crippen molar-refractivity contribution in [2.24, 2.45) is 5.92 Å². The van der Waals surface area contributed by atoms with Gasteiger partial charge >= 0.3 is 0 Å². The minimum atomic E-state index is 0.564. The van der Waals surface area contributed by atoms with Gasteiger partial charge in [-0.25, -0.2) is 0 Å². The van der Waals surface area contributed by atoms with Gasteiger partial charge in [0.25, 0.3) is 0 Å². The normalized spacial score (nSPS) is 14.2. The lowest BCUT2D eigenvalue weighted by atomic mass is 10.00. The Hall–Kier alpha value is -0.860. The standard InChI is InChI=1S/C18H31NO/c1-5-7-15(3)13-20-14-17-8-10-18(11-9-17)16(4)12-19-6-2/h8-11,15-16,19H,5-7,12-14H2,1-4H3. The Bertz CT molecular complexity index is 347. The molecule has 0 bridgehead atoms. The fourth-order valence-electron chi connectivity index (χ4n) is 2.38. The maximum absolute atomic E-state index is 5.79. The number of nitrogens with one attached hydrogen (secondary N) is 1. The molecule has 1 aromatic carbocycles. The van der Waals surface area contributed by atoms with Crippen LogP contribution in [0.5, 0.6) is 0 Å². The molecule has 0 aliphatic rings. The van der Waals surface area contributed by atoms with E-state index >= 15 is 0 Å². The number of hydrogen-bond donors (Lipinski definition) is 1. The number of rotatable bonds is 10. The molecule has 0 saturated heterocycles. The molecular weight excluding hydrogens is 246 g/mol. The molecular formula is C18H31NO. The van der Waals surface area contributed by atoms with Crippen molar-refractivity contribution in [3.05, 3.63) is 35.4 Å². The summed E-state index contributed by atoms with van der Waals surface area (Å²) in [5, 5.41) is 3.40. The van der Waals surface area contributed by atoms with Crippen LogP contribution >= 0.6 is 0 Å². The zero-order chi connectivity index (χ0) is 14.8. The van der Waals surface area contributed by atoms with E-state index in [2.05, 4.69) is 57.3 Å². The first-order valence-corrected chi connectivity index (χ1v) is 8.04. The molecule has 0 aliphatic carbocycles. The van der Waals surface area contributed by atoms with Crippen LogP contribution in [0.1, 0.15) is 57.6 Å². The zero-order valence-corrected chi connectivity index (χ0v) is 13.6. The topological polar surface area (TPSA) is 21.3 Å². The van der Waals surface area contributed by atoms with Crippen molar-refractivity contribution in [3.63, 3.8) is 0 Å². The van der Waals surface area contributed by atoms with Gasteiger partial charge in [0.2, 0.25) is 0 Å². The Labute approximate surface area is 124 Å². The van der Waals surface area contributed by atoms with Gasteiger partial charge in [0.05, 0.1) is 6.61 Å². The van der Waals surface area contributed by atoms with Gasteiger partial charge in [0.15, 0.2) is 0 Å². The maximum atomic E-state index is 5.79. The molecule has 2 atom stereocenters. The van der Waals surface area contributed by atoms with E-state index in [1.807, 2.05) is 0 Å². The summed E-state index contributed by atoms with van der Waals surface area (Å²) in [6.45, 7) is 12.6. The Balaban J connectivity index is 2.34. The van der Waals surface area contributed by atoms with E-state index in [-0.39, 0.29) is 0 Å². The van der Waals surface area contributed by atoms with Crippen molar-refractivity contribution >= 4 is 0 Å². The van der Waals surface area contributed by atoms with Gasteiger partial charge in [-0.15, -0.1) is 0 Å². The molecule has 1 aromatic rings. The molecule has 114 valence electrons. The van der Waals surface area contributed by atoms with Crippen molar-refractivity contribution in [1.82, 2.24) is 5.32 Å². The first-order valence-electron chi connectivity index (χ1n) is 8.04. The lowest BCUT2D eigenvalue weighted by molar-refractivity contribution is 0.0893. The van der Waals surface area contributed by atoms with Crippen LogP contribution in [0.2, 0.25) is 0 Å². The highest BCUT2D eigenvalue weighted by Gasteiger charge is 2.05. The number of hydrogen-bond acceptors (Lipinski definition) is 2. The van der Waals surface area contributed by atoms with Crippen LogP contribution in [0.15, 0.2) is 24.3 Å². The fraction of sp³-hybridized carbons (Fsp3) is 0.667. The van der Waals surface area contributed by atoms with Gasteiger partial charge in [-0.1, -0.05) is 58.4 Å². The first-order chi connectivity index (χ1) is 9.67. The summed E-state index contributed by atoms with van der Waals surface area (Å²) in [5.41, 5.74) is 2.67. The van der Waals surface area contributed by atoms with Crippen LogP contribution < -0.4 is 5.32 Å². The molecule has 20 heavy (non-hydrogen) atoms. The Kier molecular flexibility index (Phi) is 8.56. The molecule has 0 fully saturated rings. The first kappa shape index (κ1) is 17.2. The van der Waals surface area contributed by atoms with Gasteiger partial charge in [0.1, 0.15) is 0 Å². The second-order valence-electron chi connectivity index (χ2n) is 5.86. The predicted molar refractivity (Wildman–Crippen MR) is 87.1 cm³/mol. The molecule has 1 rings (SSSR count). The molecule has 2 nitrogen and oxygen atoms in total. The van der Waals surface area contributed by atoms with Crippen molar-refractivity contribution in [1.29, 1.82) is 0 Å². The van der Waals surface area contributed by atoms with Gasteiger partial charge in [-0.2, -0.15) is 0 Å². The smallest absolute Gasteiger partial charge is 0.0717 e. The zero-order valence-electron chi connectivity index (χ0n) is 13.6. The quantitative estimate of drug-likeness (QED) is 0.686. The predicted octanol–water partition coefficient (Wildman–Crippen LogP) is 4.35. The van der Waals surface area contributed by atoms with E-state index in [1.54, 1.807) is 0 Å². The number of likely N-dealkylation sites (N-methyl/N-ethyl adjacent to an activating group) is 1. The maximum Gasteiger partial charge on any atom is 0.0717 e. The van der Waals surface area contributed by atoms with Crippen LogP contribution in [0.25, 0.3) is 0 Å². The summed E-state index contributed by atoms with van der Waals surface area (Å²) < 4.78 is 5.79. The summed E-state index contributed by atoms with van der Waals surface area (Å²) in [6, 6.07) is 8.86. The molecule has 2 unspecified atom stereocenters. The monoisotopic (exact) mass is 277 g/mol. The lowest BCUT2D eigenvalue weighted by Crippen LogP contribution is -2.19. The van der Waals surface area contributed by atoms with Crippen LogP contribution in [0, 0.1) is 5.92 Å². The van der Waals surface area contributed by atoms with Gasteiger partial charge in [0, 0.05) is 13.2 Å². The van der Waals surface area contributed by atoms with E-state index in [1.165, 1.54) is 24.0 Å². The van der Waals surface area contributed by atoms with E-state index in [0.29, 0.717) is 11.8 Å². The van der Waals surface area contributed by atoms with E-state index in [9.17, 15) is 0 Å². The SMILES string of the molecule is CCCC(C)COCc1ccc(C(C)CNCC)cc1. The van der Waals surface area contributed by atoms with Gasteiger partial charge < -0.3 is 10.1 Å². The fourth-order valence-corrected chi connectivity index (χ4v) is 2.38. The molecule has 0 aliphatic heterocycles. The second kappa shape index (κ2) is 9.95. The number of ether oxygens (including phenoxy) is 1.